The van der Waals surface area contributed by atoms with Crippen LogP contribution in [-0.4, -0.2) is 4.89 Å². The van der Waals surface area contributed by atoms with Gasteiger partial charge in [0.1, 0.15) is 15.9 Å². The Hall–Kier alpha value is -1.95. The second-order valence-electron chi connectivity index (χ2n) is 7.29. The van der Waals surface area contributed by atoms with Gasteiger partial charge in [-0.1, -0.05) is 36.4 Å². The van der Waals surface area contributed by atoms with E-state index in [1.54, 1.807) is 0 Å². The molecule has 3 rings (SSSR count). The molecule has 0 aromatic heterocycles. The molecule has 0 spiro atoms. The predicted molar refractivity (Wildman–Crippen MR) is 116 cm³/mol. The fraction of sp³-hybridized carbons (Fsp3) is 0.250. The molecule has 0 heterocycles. The second kappa shape index (κ2) is 6.99. The quantitative estimate of drug-likeness (QED) is 0.667. The molecule has 0 atom stereocenters. The van der Waals surface area contributed by atoms with Crippen molar-refractivity contribution in [1.82, 2.24) is 0 Å². The summed E-state index contributed by atoms with van der Waals surface area (Å²) in [5.41, 5.74) is 7.21. The van der Waals surface area contributed by atoms with E-state index in [2.05, 4.69) is 96.1 Å². The number of hydrogen-bond acceptors (Lipinski definition) is 1. The zero-order chi connectivity index (χ0) is 19.1. The molecule has 1 nitrogen and oxygen atoms in total. The van der Waals surface area contributed by atoms with Crippen molar-refractivity contribution in [1.29, 1.82) is 0 Å². The van der Waals surface area contributed by atoms with E-state index in [0.717, 1.165) is 15.9 Å². The smallest absolute Gasteiger partial charge is 0.235 e. The molecule has 0 fully saturated rings. The van der Waals surface area contributed by atoms with E-state index in [9.17, 15) is 4.89 Å². The van der Waals surface area contributed by atoms with Gasteiger partial charge < -0.3 is 0 Å². The largest absolute Gasteiger partial charge is 0.239 e. The predicted octanol–water partition coefficient (Wildman–Crippen LogP) is 4.74. The molecule has 3 aromatic carbocycles. The zero-order valence-corrected chi connectivity index (χ0v) is 17.5. The minimum absolute atomic E-state index is 1.07. The van der Waals surface area contributed by atoms with Crippen LogP contribution in [0.2, 0.25) is 0 Å². The molecule has 0 saturated carbocycles. The van der Waals surface area contributed by atoms with Crippen LogP contribution in [0, 0.1) is 41.5 Å². The lowest BCUT2D eigenvalue weighted by molar-refractivity contribution is 0.632. The molecule has 0 aliphatic heterocycles. The average Bonchev–Trinajstić information content (AvgIpc) is 2.61. The van der Waals surface area contributed by atoms with Gasteiger partial charge in [0, 0.05) is 0 Å². The Balaban J connectivity index is 2.46. The van der Waals surface area contributed by atoms with Crippen LogP contribution in [0.3, 0.4) is 0 Å². The maximum absolute atomic E-state index is 12.5. The lowest BCUT2D eigenvalue weighted by atomic mass is 10.1. The SMILES string of the molecule is Cc1cccc([P+](O)(c2cccc(C)c2C)c2cccc(C)c2C)c1C. The summed E-state index contributed by atoms with van der Waals surface area (Å²) < 4.78 is 0. The number of benzene rings is 3. The molecule has 26 heavy (non-hydrogen) atoms. The van der Waals surface area contributed by atoms with Crippen LogP contribution in [0.15, 0.2) is 54.6 Å². The van der Waals surface area contributed by atoms with Crippen LogP contribution in [0.1, 0.15) is 33.4 Å². The topological polar surface area (TPSA) is 20.2 Å². The standard InChI is InChI=1S/C24H28OP/c1-16-10-7-13-22(19(16)4)26(25,23-14-8-11-17(2)20(23)5)24-15-9-12-18(3)21(24)6/h7-15,25H,1-6H3/q+1. The summed E-state index contributed by atoms with van der Waals surface area (Å²) in [5, 5.41) is 3.21. The van der Waals surface area contributed by atoms with Gasteiger partial charge >= 0.3 is 0 Å². The molecule has 0 bridgehead atoms. The summed E-state index contributed by atoms with van der Waals surface area (Å²) in [4.78, 5) is 12.5. The Morgan fingerprint density at radius 2 is 0.769 bits per heavy atom. The highest BCUT2D eigenvalue weighted by atomic mass is 31.2. The molecule has 1 N–H and O–H groups in total. The molecule has 134 valence electrons. The van der Waals surface area contributed by atoms with Crippen molar-refractivity contribution in [2.45, 2.75) is 41.5 Å². The minimum Gasteiger partial charge on any atom is -0.235 e. The van der Waals surface area contributed by atoms with Crippen LogP contribution >= 0.6 is 7.49 Å². The van der Waals surface area contributed by atoms with Gasteiger partial charge in [-0.3, -0.25) is 0 Å². The molecule has 0 aliphatic carbocycles. The van der Waals surface area contributed by atoms with E-state index in [-0.39, 0.29) is 0 Å². The summed E-state index contributed by atoms with van der Waals surface area (Å²) in [7, 11) is -2.72. The lowest BCUT2D eigenvalue weighted by Gasteiger charge is -2.26. The molecule has 0 saturated heterocycles. The fourth-order valence-corrected chi connectivity index (χ4v) is 7.32. The van der Waals surface area contributed by atoms with Crippen molar-refractivity contribution >= 4 is 23.4 Å². The Bertz CT molecular complexity index is 847. The fourth-order valence-electron chi connectivity index (χ4n) is 3.65. The normalized spacial score (nSPS) is 11.7. The Morgan fingerprint density at radius 3 is 1.04 bits per heavy atom. The van der Waals surface area contributed by atoms with Crippen LogP contribution in [0.4, 0.5) is 0 Å². The summed E-state index contributed by atoms with van der Waals surface area (Å²) in [5.74, 6) is 0. The van der Waals surface area contributed by atoms with Crippen molar-refractivity contribution in [3.63, 3.8) is 0 Å². The third-order valence-corrected chi connectivity index (χ3v) is 9.32. The van der Waals surface area contributed by atoms with Crippen molar-refractivity contribution in [2.75, 3.05) is 0 Å². The van der Waals surface area contributed by atoms with E-state index in [1.807, 2.05) is 0 Å². The maximum Gasteiger partial charge on any atom is 0.239 e. The van der Waals surface area contributed by atoms with Crippen molar-refractivity contribution in [3.8, 4) is 0 Å². The van der Waals surface area contributed by atoms with E-state index in [0.29, 0.717) is 0 Å². The highest BCUT2D eigenvalue weighted by Crippen LogP contribution is 2.53. The summed E-state index contributed by atoms with van der Waals surface area (Å²) in [6, 6.07) is 18.9. The van der Waals surface area contributed by atoms with Gasteiger partial charge in [0.15, 0.2) is 0 Å². The first-order valence-electron chi connectivity index (χ1n) is 9.10. The maximum atomic E-state index is 12.5. The van der Waals surface area contributed by atoms with Crippen LogP contribution in [0.5, 0.6) is 0 Å². The minimum atomic E-state index is -2.72. The number of rotatable bonds is 3. The van der Waals surface area contributed by atoms with Crippen molar-refractivity contribution < 1.29 is 4.89 Å². The molecule has 2 heteroatoms. The van der Waals surface area contributed by atoms with Gasteiger partial charge in [-0.15, -0.1) is 0 Å². The monoisotopic (exact) mass is 363 g/mol. The first-order chi connectivity index (χ1) is 12.3. The van der Waals surface area contributed by atoms with Gasteiger partial charge in [-0.25, -0.2) is 4.89 Å². The summed E-state index contributed by atoms with van der Waals surface area (Å²) in [6.45, 7) is 12.8. The lowest BCUT2D eigenvalue weighted by Crippen LogP contribution is -2.35. The molecular weight excluding hydrogens is 335 g/mol. The van der Waals surface area contributed by atoms with Crippen LogP contribution in [0.25, 0.3) is 0 Å². The van der Waals surface area contributed by atoms with E-state index in [1.165, 1.54) is 33.4 Å². The third kappa shape index (κ3) is 2.90. The molecule has 0 radical (unpaired) electrons. The molecular formula is C24H28OP+. The van der Waals surface area contributed by atoms with Gasteiger partial charge in [-0.2, -0.15) is 0 Å². The summed E-state index contributed by atoms with van der Waals surface area (Å²) >= 11 is 0. The Labute approximate surface area is 158 Å². The van der Waals surface area contributed by atoms with E-state index in [4.69, 9.17) is 0 Å². The van der Waals surface area contributed by atoms with Crippen molar-refractivity contribution in [2.24, 2.45) is 0 Å². The van der Waals surface area contributed by atoms with Crippen LogP contribution in [-0.2, 0) is 0 Å². The number of aryl methyl sites for hydroxylation is 3. The van der Waals surface area contributed by atoms with Crippen molar-refractivity contribution in [3.05, 3.63) is 88.0 Å². The third-order valence-electron chi connectivity index (χ3n) is 5.77. The van der Waals surface area contributed by atoms with E-state index < -0.39 is 7.49 Å². The highest BCUT2D eigenvalue weighted by molar-refractivity contribution is 7.91. The molecule has 0 aliphatic rings. The van der Waals surface area contributed by atoms with E-state index >= 15 is 0 Å². The molecule has 3 aromatic rings. The Kier molecular flexibility index (Phi) is 5.06. The number of hydrogen-bond donors (Lipinski definition) is 1. The van der Waals surface area contributed by atoms with Gasteiger partial charge in [0.05, 0.1) is 0 Å². The molecule has 0 unspecified atom stereocenters. The van der Waals surface area contributed by atoms with Crippen LogP contribution < -0.4 is 15.9 Å². The van der Waals surface area contributed by atoms with Gasteiger partial charge in [0.25, 0.3) is 0 Å². The first kappa shape index (κ1) is 18.8. The average molecular weight is 363 g/mol. The van der Waals surface area contributed by atoms with Gasteiger partial charge in [0.2, 0.25) is 7.49 Å². The van der Waals surface area contributed by atoms with Gasteiger partial charge in [-0.05, 0) is 93.1 Å². The Morgan fingerprint density at radius 1 is 0.500 bits per heavy atom. The molecule has 0 amide bonds. The summed E-state index contributed by atoms with van der Waals surface area (Å²) in [6.07, 6.45) is 0. The first-order valence-corrected chi connectivity index (χ1v) is 10.8. The second-order valence-corrected chi connectivity index (χ2v) is 10.0. The highest BCUT2D eigenvalue weighted by Gasteiger charge is 2.48. The zero-order valence-electron chi connectivity index (χ0n) is 16.6.